The molecule has 5 nitrogen and oxygen atoms in total. The Labute approximate surface area is 143 Å². The van der Waals surface area contributed by atoms with Gasteiger partial charge in [0.05, 0.1) is 5.69 Å². The van der Waals surface area contributed by atoms with Crippen LogP contribution in [0.2, 0.25) is 0 Å². The molecule has 0 unspecified atom stereocenters. The Kier molecular flexibility index (Phi) is 4.45. The number of nitrogens with zero attached hydrogens (tertiary/aromatic N) is 2. The molecule has 1 atom stereocenters. The summed E-state index contributed by atoms with van der Waals surface area (Å²) in [6, 6.07) is 10.1. The molecule has 2 heterocycles. The van der Waals surface area contributed by atoms with Gasteiger partial charge < -0.3 is 15.2 Å². The van der Waals surface area contributed by atoms with Crippen LogP contribution in [0.1, 0.15) is 43.9 Å². The lowest BCUT2D eigenvalue weighted by Gasteiger charge is -2.28. The number of imidazole rings is 1. The minimum Gasteiger partial charge on any atom is -0.348 e. The lowest BCUT2D eigenvalue weighted by atomic mass is 9.88. The van der Waals surface area contributed by atoms with E-state index in [1.165, 1.54) is 0 Å². The molecule has 1 aromatic heterocycles. The van der Waals surface area contributed by atoms with Gasteiger partial charge in [0, 0.05) is 31.2 Å². The molecule has 1 aliphatic rings. The maximum Gasteiger partial charge on any atom is 0.272 e. The first kappa shape index (κ1) is 16.7. The van der Waals surface area contributed by atoms with Crippen LogP contribution in [0.4, 0.5) is 0 Å². The summed E-state index contributed by atoms with van der Waals surface area (Å²) >= 11 is 0. The summed E-state index contributed by atoms with van der Waals surface area (Å²) in [6.07, 6.45) is 0. The number of amides is 1. The van der Waals surface area contributed by atoms with Gasteiger partial charge >= 0.3 is 0 Å². The van der Waals surface area contributed by atoms with E-state index in [0.717, 1.165) is 30.2 Å². The van der Waals surface area contributed by atoms with Crippen LogP contribution in [0.3, 0.4) is 0 Å². The Morgan fingerprint density at radius 1 is 1.29 bits per heavy atom. The molecule has 5 heteroatoms. The van der Waals surface area contributed by atoms with Crippen LogP contribution in [0.5, 0.6) is 0 Å². The van der Waals surface area contributed by atoms with Crippen molar-refractivity contribution in [3.05, 3.63) is 41.7 Å². The van der Waals surface area contributed by atoms with Crippen molar-refractivity contribution >= 4 is 5.91 Å². The van der Waals surface area contributed by atoms with Crippen molar-refractivity contribution in [2.24, 2.45) is 5.41 Å². The van der Waals surface area contributed by atoms with Crippen LogP contribution in [0, 0.1) is 5.41 Å². The molecule has 0 saturated carbocycles. The van der Waals surface area contributed by atoms with Gasteiger partial charge in [0.1, 0.15) is 5.82 Å². The number of hydrogen-bond donors (Lipinski definition) is 2. The summed E-state index contributed by atoms with van der Waals surface area (Å²) in [5.41, 5.74) is 2.56. The summed E-state index contributed by atoms with van der Waals surface area (Å²) in [6.45, 7) is 10.8. The van der Waals surface area contributed by atoms with Crippen LogP contribution in [0.15, 0.2) is 30.3 Å². The molecule has 0 saturated heterocycles. The van der Waals surface area contributed by atoms with Crippen LogP contribution in [0.25, 0.3) is 11.4 Å². The second-order valence-electron chi connectivity index (χ2n) is 7.49. The fraction of sp³-hybridized carbons (Fsp3) is 0.474. The molecule has 0 spiro atoms. The number of hydrogen-bond acceptors (Lipinski definition) is 3. The van der Waals surface area contributed by atoms with E-state index in [4.69, 9.17) is 4.98 Å². The highest BCUT2D eigenvalue weighted by atomic mass is 16.2. The van der Waals surface area contributed by atoms with Crippen molar-refractivity contribution in [3.8, 4) is 11.4 Å². The average Bonchev–Trinajstić information content (AvgIpc) is 2.94. The van der Waals surface area contributed by atoms with Crippen molar-refractivity contribution in [1.29, 1.82) is 0 Å². The first-order chi connectivity index (χ1) is 11.4. The zero-order chi connectivity index (χ0) is 17.3. The zero-order valence-electron chi connectivity index (χ0n) is 14.9. The van der Waals surface area contributed by atoms with E-state index in [-0.39, 0.29) is 17.4 Å². The number of rotatable bonds is 3. The molecule has 0 bridgehead atoms. The lowest BCUT2D eigenvalue weighted by molar-refractivity contribution is 0.0904. The topological polar surface area (TPSA) is 59.0 Å². The van der Waals surface area contributed by atoms with E-state index in [0.29, 0.717) is 12.2 Å². The van der Waals surface area contributed by atoms with Gasteiger partial charge in [-0.15, -0.1) is 0 Å². The largest absolute Gasteiger partial charge is 0.348 e. The highest BCUT2D eigenvalue weighted by Crippen LogP contribution is 2.25. The van der Waals surface area contributed by atoms with E-state index >= 15 is 0 Å². The van der Waals surface area contributed by atoms with Gasteiger partial charge in [-0.25, -0.2) is 4.98 Å². The average molecular weight is 326 g/mol. The quantitative estimate of drug-likeness (QED) is 0.912. The summed E-state index contributed by atoms with van der Waals surface area (Å²) in [5.74, 6) is 0.785. The standard InChI is InChI=1S/C19H26N4O/c1-13(19(2,3)4)21-18(24)16-15-12-20-10-11-23(15)17(22-16)14-8-6-5-7-9-14/h5-9,13,20H,10-12H2,1-4H3,(H,21,24)/t13-/m0/s1. The molecule has 0 radical (unpaired) electrons. The molecule has 1 aliphatic heterocycles. The van der Waals surface area contributed by atoms with Crippen molar-refractivity contribution in [2.75, 3.05) is 6.54 Å². The van der Waals surface area contributed by atoms with Crippen LogP contribution in [-0.4, -0.2) is 28.0 Å². The van der Waals surface area contributed by atoms with Crippen LogP contribution >= 0.6 is 0 Å². The Morgan fingerprint density at radius 3 is 2.67 bits per heavy atom. The van der Waals surface area contributed by atoms with Gasteiger partial charge in [0.15, 0.2) is 5.69 Å². The van der Waals surface area contributed by atoms with E-state index in [1.54, 1.807) is 0 Å². The molecule has 2 N–H and O–H groups in total. The van der Waals surface area contributed by atoms with Crippen molar-refractivity contribution in [2.45, 2.75) is 46.8 Å². The summed E-state index contributed by atoms with van der Waals surface area (Å²) in [7, 11) is 0. The fourth-order valence-electron chi connectivity index (χ4n) is 2.78. The van der Waals surface area contributed by atoms with Crippen molar-refractivity contribution < 1.29 is 4.79 Å². The maximum absolute atomic E-state index is 12.8. The molecule has 3 rings (SSSR count). The SMILES string of the molecule is C[C@H](NC(=O)c1nc(-c2ccccc2)n2c1CNCC2)C(C)(C)C. The Bertz CT molecular complexity index is 728. The highest BCUT2D eigenvalue weighted by molar-refractivity contribution is 5.94. The zero-order valence-corrected chi connectivity index (χ0v) is 14.9. The summed E-state index contributed by atoms with van der Waals surface area (Å²) in [4.78, 5) is 17.5. The van der Waals surface area contributed by atoms with Crippen LogP contribution < -0.4 is 10.6 Å². The van der Waals surface area contributed by atoms with Crippen molar-refractivity contribution in [1.82, 2.24) is 20.2 Å². The third-order valence-corrected chi connectivity index (χ3v) is 4.77. The molecule has 0 fully saturated rings. The van der Waals surface area contributed by atoms with Gasteiger partial charge in [0.25, 0.3) is 5.91 Å². The number of carbonyl (C=O) groups is 1. The summed E-state index contributed by atoms with van der Waals surface area (Å²) < 4.78 is 2.17. The Hall–Kier alpha value is -2.14. The second-order valence-corrected chi connectivity index (χ2v) is 7.49. The summed E-state index contributed by atoms with van der Waals surface area (Å²) in [5, 5.41) is 6.45. The highest BCUT2D eigenvalue weighted by Gasteiger charge is 2.28. The molecule has 1 aromatic carbocycles. The number of fused-ring (bicyclic) bond motifs is 1. The van der Waals surface area contributed by atoms with Gasteiger partial charge in [0.2, 0.25) is 0 Å². The normalized spacial score (nSPS) is 15.7. The molecule has 128 valence electrons. The Morgan fingerprint density at radius 2 is 2.00 bits per heavy atom. The second kappa shape index (κ2) is 6.40. The molecule has 24 heavy (non-hydrogen) atoms. The number of nitrogens with one attached hydrogen (secondary N) is 2. The van der Waals surface area contributed by atoms with E-state index < -0.39 is 0 Å². The number of benzene rings is 1. The number of carbonyl (C=O) groups excluding carboxylic acids is 1. The molecule has 2 aromatic rings. The molecule has 1 amide bonds. The van der Waals surface area contributed by atoms with Gasteiger partial charge in [-0.2, -0.15) is 0 Å². The van der Waals surface area contributed by atoms with Gasteiger partial charge in [-0.3, -0.25) is 4.79 Å². The minimum absolute atomic E-state index is 0.00989. The van der Waals surface area contributed by atoms with E-state index in [1.807, 2.05) is 37.3 Å². The fourth-order valence-corrected chi connectivity index (χ4v) is 2.78. The van der Waals surface area contributed by atoms with Crippen LogP contribution in [-0.2, 0) is 13.1 Å². The molecular weight excluding hydrogens is 300 g/mol. The van der Waals surface area contributed by atoms with Gasteiger partial charge in [-0.1, -0.05) is 51.1 Å². The minimum atomic E-state index is -0.0907. The lowest BCUT2D eigenvalue weighted by Crippen LogP contribution is -2.42. The first-order valence-corrected chi connectivity index (χ1v) is 8.54. The third-order valence-electron chi connectivity index (χ3n) is 4.77. The molecule has 0 aliphatic carbocycles. The monoisotopic (exact) mass is 326 g/mol. The molecular formula is C19H26N4O. The Balaban J connectivity index is 1.97. The maximum atomic E-state index is 12.8. The predicted molar refractivity (Wildman–Crippen MR) is 95.8 cm³/mol. The van der Waals surface area contributed by atoms with Gasteiger partial charge in [-0.05, 0) is 12.3 Å². The predicted octanol–water partition coefficient (Wildman–Crippen LogP) is 2.82. The van der Waals surface area contributed by atoms with E-state index in [9.17, 15) is 4.79 Å². The van der Waals surface area contributed by atoms with E-state index in [2.05, 4.69) is 36.0 Å². The third kappa shape index (κ3) is 3.22. The van der Waals surface area contributed by atoms with Crippen molar-refractivity contribution in [3.63, 3.8) is 0 Å². The first-order valence-electron chi connectivity index (χ1n) is 8.54. The number of aromatic nitrogens is 2. The smallest absolute Gasteiger partial charge is 0.272 e.